The van der Waals surface area contributed by atoms with Crippen LogP contribution in [0.15, 0.2) is 0 Å². The zero-order chi connectivity index (χ0) is 26.6. The first-order chi connectivity index (χ1) is 16.8. The van der Waals surface area contributed by atoms with E-state index in [1.54, 1.807) is 0 Å². The minimum Gasteiger partial charge on any atom is -0.342 e. The third kappa shape index (κ3) is 4.98. The zero-order valence-electron chi connectivity index (χ0n) is 21.4. The molecule has 4 aliphatic rings. The van der Waals surface area contributed by atoms with Crippen LogP contribution in [-0.4, -0.2) is 75.6 Å². The highest BCUT2D eigenvalue weighted by Crippen LogP contribution is 2.45. The minimum absolute atomic E-state index is 0.0410. The van der Waals surface area contributed by atoms with Crippen molar-refractivity contribution < 1.29 is 23.6 Å². The lowest BCUT2D eigenvalue weighted by atomic mass is 9.77. The molecular weight excluding hydrogens is 487 g/mol. The molecule has 2 saturated heterocycles. The first-order valence-corrected chi connectivity index (χ1v) is 13.3. The standard InChI is InChI=1S/C26H36ClFN4O4/c1-14(33)16-9-18(11-29)31(13-16)22(34)20-19-10-17(28)6-5-15(19)12-32(20)23(35)21(25(2,3)4)30-24(36)26(27)7-8-26/h15-21H,5-10,12-13H2,1-4H3,(H,30,36)/t15?,16-,17+,18-,19-,20-,21+/m0/s1. The molecule has 8 nitrogen and oxygen atoms in total. The largest absolute Gasteiger partial charge is 0.342 e. The number of amides is 3. The van der Waals surface area contributed by atoms with Crippen molar-refractivity contribution in [2.75, 3.05) is 13.1 Å². The van der Waals surface area contributed by atoms with Crippen LogP contribution in [0.2, 0.25) is 0 Å². The summed E-state index contributed by atoms with van der Waals surface area (Å²) in [6.07, 6.45) is 1.40. The van der Waals surface area contributed by atoms with Crippen LogP contribution < -0.4 is 5.32 Å². The van der Waals surface area contributed by atoms with Gasteiger partial charge in [-0.2, -0.15) is 5.26 Å². The Morgan fingerprint density at radius 2 is 1.78 bits per heavy atom. The van der Waals surface area contributed by atoms with Gasteiger partial charge in [0.2, 0.25) is 17.7 Å². The Kier molecular flexibility index (Phi) is 7.15. The van der Waals surface area contributed by atoms with Crippen LogP contribution in [0.25, 0.3) is 0 Å². The molecule has 2 aliphatic carbocycles. The lowest BCUT2D eigenvalue weighted by Gasteiger charge is -2.38. The first kappa shape index (κ1) is 26.8. The molecule has 2 saturated carbocycles. The third-order valence-corrected chi connectivity index (χ3v) is 9.03. The first-order valence-electron chi connectivity index (χ1n) is 12.9. The molecule has 36 heavy (non-hydrogen) atoms. The number of alkyl halides is 2. The predicted octanol–water partition coefficient (Wildman–Crippen LogP) is 2.58. The van der Waals surface area contributed by atoms with Crippen LogP contribution >= 0.6 is 11.6 Å². The van der Waals surface area contributed by atoms with Gasteiger partial charge in [0, 0.05) is 19.0 Å². The normalized spacial score (nSPS) is 33.9. The van der Waals surface area contributed by atoms with Gasteiger partial charge in [-0.3, -0.25) is 19.2 Å². The summed E-state index contributed by atoms with van der Waals surface area (Å²) < 4.78 is 14.5. The van der Waals surface area contributed by atoms with Gasteiger partial charge in [-0.05, 0) is 62.7 Å². The van der Waals surface area contributed by atoms with E-state index in [0.29, 0.717) is 32.2 Å². The number of fused-ring (bicyclic) bond motifs is 1. The van der Waals surface area contributed by atoms with Crippen LogP contribution in [0.5, 0.6) is 0 Å². The van der Waals surface area contributed by atoms with E-state index in [1.165, 1.54) is 16.7 Å². The Balaban J connectivity index is 1.65. The molecule has 1 unspecified atom stereocenters. The molecule has 10 heteroatoms. The number of carbonyl (C=O) groups is 4. The lowest BCUT2D eigenvalue weighted by Crippen LogP contribution is -2.60. The van der Waals surface area contributed by atoms with Gasteiger partial charge in [0.25, 0.3) is 0 Å². The number of hydrogen-bond donors (Lipinski definition) is 1. The number of Topliss-reactive ketones (excluding diaryl/α,β-unsaturated/α-hetero) is 1. The molecule has 2 heterocycles. The summed E-state index contributed by atoms with van der Waals surface area (Å²) in [6.45, 7) is 7.38. The molecule has 0 bridgehead atoms. The predicted molar refractivity (Wildman–Crippen MR) is 130 cm³/mol. The molecule has 0 spiro atoms. The summed E-state index contributed by atoms with van der Waals surface area (Å²) in [5.74, 6) is -2.13. The third-order valence-electron chi connectivity index (χ3n) is 8.49. The summed E-state index contributed by atoms with van der Waals surface area (Å²) >= 11 is 6.31. The summed E-state index contributed by atoms with van der Waals surface area (Å²) in [7, 11) is 0. The van der Waals surface area contributed by atoms with E-state index in [4.69, 9.17) is 11.6 Å². The van der Waals surface area contributed by atoms with Gasteiger partial charge in [-0.15, -0.1) is 11.6 Å². The van der Waals surface area contributed by atoms with Gasteiger partial charge in [0.1, 0.15) is 35.0 Å². The van der Waals surface area contributed by atoms with Crippen LogP contribution in [0.3, 0.4) is 0 Å². The Morgan fingerprint density at radius 3 is 2.33 bits per heavy atom. The Bertz CT molecular complexity index is 987. The van der Waals surface area contributed by atoms with Gasteiger partial charge in [-0.25, -0.2) is 4.39 Å². The second-order valence-electron chi connectivity index (χ2n) is 12.2. The highest BCUT2D eigenvalue weighted by Gasteiger charge is 2.56. The van der Waals surface area contributed by atoms with E-state index in [1.807, 2.05) is 20.8 Å². The minimum atomic E-state index is -1.06. The van der Waals surface area contributed by atoms with Crippen molar-refractivity contribution in [1.29, 1.82) is 5.26 Å². The van der Waals surface area contributed by atoms with E-state index in [-0.39, 0.29) is 37.0 Å². The zero-order valence-corrected chi connectivity index (χ0v) is 22.2. The molecule has 1 N–H and O–H groups in total. The number of likely N-dealkylation sites (tertiary alicyclic amines) is 2. The highest BCUT2D eigenvalue weighted by molar-refractivity contribution is 6.37. The van der Waals surface area contributed by atoms with Crippen molar-refractivity contribution in [3.8, 4) is 6.07 Å². The fourth-order valence-corrected chi connectivity index (χ4v) is 6.20. The van der Waals surface area contributed by atoms with Crippen LogP contribution in [0.1, 0.15) is 66.2 Å². The van der Waals surface area contributed by atoms with Crippen LogP contribution in [-0.2, 0) is 19.2 Å². The van der Waals surface area contributed by atoms with E-state index >= 15 is 0 Å². The molecule has 0 aromatic carbocycles. The van der Waals surface area contributed by atoms with E-state index in [0.717, 1.165) is 0 Å². The summed E-state index contributed by atoms with van der Waals surface area (Å²) in [5.41, 5.74) is -0.665. The molecular formula is C26H36ClFN4O4. The maximum Gasteiger partial charge on any atom is 0.246 e. The summed E-state index contributed by atoms with van der Waals surface area (Å²) in [6, 6.07) is -0.497. The number of halogens is 2. The molecule has 0 radical (unpaired) electrons. The van der Waals surface area contributed by atoms with E-state index in [9.17, 15) is 28.8 Å². The van der Waals surface area contributed by atoms with Crippen molar-refractivity contribution in [3.63, 3.8) is 0 Å². The molecule has 0 aromatic heterocycles. The van der Waals surface area contributed by atoms with Crippen molar-refractivity contribution in [1.82, 2.24) is 15.1 Å². The highest BCUT2D eigenvalue weighted by atomic mass is 35.5. The fourth-order valence-electron chi connectivity index (χ4n) is 6.05. The van der Waals surface area contributed by atoms with Gasteiger partial charge in [0.05, 0.1) is 6.07 Å². The van der Waals surface area contributed by atoms with Crippen molar-refractivity contribution >= 4 is 35.1 Å². The number of nitrogens with zero attached hydrogens (tertiary/aromatic N) is 3. The average Bonchev–Trinajstić information content (AvgIpc) is 3.26. The SMILES string of the molecule is CC(=O)[C@H]1C[C@@H](C#N)N(C(=O)[C@@H]2[C@H]3C[C@H](F)CCC3CN2C(=O)[C@@H](NC(=O)C2(Cl)CC2)C(C)(C)C)C1. The van der Waals surface area contributed by atoms with Crippen molar-refractivity contribution in [2.24, 2.45) is 23.2 Å². The maximum atomic E-state index is 14.5. The van der Waals surface area contributed by atoms with E-state index in [2.05, 4.69) is 11.4 Å². The Hall–Kier alpha value is -2.21. The lowest BCUT2D eigenvalue weighted by molar-refractivity contribution is -0.148. The number of nitrogens with one attached hydrogen (secondary N) is 1. The molecule has 198 valence electrons. The number of carbonyl (C=O) groups excluding carboxylic acids is 4. The summed E-state index contributed by atoms with van der Waals surface area (Å²) in [5, 5.41) is 12.5. The molecule has 7 atom stereocenters. The quantitative estimate of drug-likeness (QED) is 0.558. The molecule has 4 rings (SSSR count). The van der Waals surface area contributed by atoms with Gasteiger partial charge >= 0.3 is 0 Å². The number of ketones is 1. The van der Waals surface area contributed by atoms with E-state index < -0.39 is 58.2 Å². The smallest absolute Gasteiger partial charge is 0.246 e. The van der Waals surface area contributed by atoms with Crippen molar-refractivity contribution in [3.05, 3.63) is 0 Å². The second kappa shape index (κ2) is 9.59. The van der Waals surface area contributed by atoms with Crippen molar-refractivity contribution in [2.45, 2.75) is 95.4 Å². The topological polar surface area (TPSA) is 111 Å². The monoisotopic (exact) mass is 522 g/mol. The number of nitriles is 1. The Morgan fingerprint density at radius 1 is 1.11 bits per heavy atom. The van der Waals surface area contributed by atoms with Gasteiger partial charge in [0.15, 0.2) is 0 Å². The molecule has 0 aromatic rings. The maximum absolute atomic E-state index is 14.5. The molecule has 3 amide bonds. The molecule has 2 aliphatic heterocycles. The molecule has 4 fully saturated rings. The summed E-state index contributed by atoms with van der Waals surface area (Å²) in [4.78, 5) is 54.7. The van der Waals surface area contributed by atoms with Gasteiger partial charge < -0.3 is 15.1 Å². The number of rotatable bonds is 5. The Labute approximate surface area is 216 Å². The average molecular weight is 523 g/mol. The fraction of sp³-hybridized carbons (Fsp3) is 0.808. The second-order valence-corrected chi connectivity index (χ2v) is 12.9. The van der Waals surface area contributed by atoms with Gasteiger partial charge in [-0.1, -0.05) is 20.8 Å². The number of hydrogen-bond acceptors (Lipinski definition) is 5. The van der Waals surface area contributed by atoms with Crippen LogP contribution in [0.4, 0.5) is 4.39 Å². The van der Waals surface area contributed by atoms with Crippen LogP contribution in [0, 0.1) is 34.5 Å².